The molecule has 0 aliphatic heterocycles. The molecule has 76 valence electrons. The number of aryl methyl sites for hydroxylation is 1. The van der Waals surface area contributed by atoms with Crippen molar-refractivity contribution in [3.8, 4) is 6.07 Å². The highest BCUT2D eigenvalue weighted by Crippen LogP contribution is 2.34. The molecular weight excluding hydrogens is 184 g/mol. The lowest BCUT2D eigenvalue weighted by molar-refractivity contribution is 0.720. The molecule has 2 nitrogen and oxygen atoms in total. The van der Waals surface area contributed by atoms with Gasteiger partial charge >= 0.3 is 0 Å². The summed E-state index contributed by atoms with van der Waals surface area (Å²) in [5, 5.41) is 9.26. The van der Waals surface area contributed by atoms with Crippen molar-refractivity contribution in [2.45, 2.75) is 38.1 Å². The van der Waals surface area contributed by atoms with E-state index in [1.54, 1.807) is 0 Å². The van der Waals surface area contributed by atoms with Crippen molar-refractivity contribution in [3.05, 3.63) is 33.9 Å². The van der Waals surface area contributed by atoms with E-state index in [0.29, 0.717) is 0 Å². The van der Waals surface area contributed by atoms with Crippen molar-refractivity contribution < 1.29 is 0 Å². The average molecular weight is 198 g/mol. The molecule has 2 N–H and O–H groups in total. The van der Waals surface area contributed by atoms with Crippen LogP contribution in [-0.2, 0) is 25.7 Å². The molecular formula is C13H14N2. The Morgan fingerprint density at radius 1 is 1.20 bits per heavy atom. The predicted molar refractivity (Wildman–Crippen MR) is 58.6 cm³/mol. The van der Waals surface area contributed by atoms with E-state index in [1.165, 1.54) is 28.7 Å². The van der Waals surface area contributed by atoms with Crippen LogP contribution in [0.5, 0.6) is 0 Å². The van der Waals surface area contributed by atoms with Crippen molar-refractivity contribution in [3.63, 3.8) is 0 Å². The maximum Gasteiger partial charge on any atom is 0.0997 e. The van der Waals surface area contributed by atoms with Crippen LogP contribution in [0.1, 0.15) is 34.2 Å². The molecule has 0 bridgehead atoms. The number of hydrogen-bond donors (Lipinski definition) is 1. The summed E-state index contributed by atoms with van der Waals surface area (Å²) >= 11 is 0. The Bertz CT molecular complexity index is 468. The van der Waals surface area contributed by atoms with Crippen molar-refractivity contribution >= 4 is 0 Å². The van der Waals surface area contributed by atoms with Crippen LogP contribution in [0.4, 0.5) is 0 Å². The van der Waals surface area contributed by atoms with Gasteiger partial charge in [0.25, 0.3) is 0 Å². The zero-order chi connectivity index (χ0) is 10.4. The van der Waals surface area contributed by atoms with Crippen molar-refractivity contribution in [1.82, 2.24) is 0 Å². The lowest BCUT2D eigenvalue weighted by Crippen LogP contribution is -2.19. The predicted octanol–water partition coefficient (Wildman–Crippen LogP) is 1.47. The van der Waals surface area contributed by atoms with E-state index in [9.17, 15) is 5.26 Å². The Kier molecular flexibility index (Phi) is 1.83. The number of fused-ring (bicyclic) bond motifs is 2. The monoisotopic (exact) mass is 198 g/mol. The Hall–Kier alpha value is -1.33. The smallest absolute Gasteiger partial charge is 0.0997 e. The van der Waals surface area contributed by atoms with Gasteiger partial charge in [0.15, 0.2) is 0 Å². The maximum absolute atomic E-state index is 9.26. The quantitative estimate of drug-likeness (QED) is 0.686. The highest BCUT2D eigenvalue weighted by atomic mass is 14.6. The number of hydrogen-bond acceptors (Lipinski definition) is 2. The highest BCUT2D eigenvalue weighted by molar-refractivity contribution is 5.56. The van der Waals surface area contributed by atoms with E-state index in [2.05, 4.69) is 12.1 Å². The van der Waals surface area contributed by atoms with E-state index >= 15 is 0 Å². The van der Waals surface area contributed by atoms with E-state index in [0.717, 1.165) is 31.2 Å². The van der Waals surface area contributed by atoms with Crippen LogP contribution in [0.3, 0.4) is 0 Å². The number of benzene rings is 1. The van der Waals surface area contributed by atoms with Crippen molar-refractivity contribution in [2.24, 2.45) is 5.73 Å². The zero-order valence-electron chi connectivity index (χ0n) is 8.71. The van der Waals surface area contributed by atoms with Gasteiger partial charge in [0.05, 0.1) is 11.6 Å². The van der Waals surface area contributed by atoms with Crippen LogP contribution in [0.25, 0.3) is 0 Å². The number of nitriles is 1. The molecule has 0 fully saturated rings. The van der Waals surface area contributed by atoms with Crippen LogP contribution < -0.4 is 5.73 Å². The maximum atomic E-state index is 9.26. The average Bonchev–Trinajstić information content (AvgIpc) is 2.78. The Morgan fingerprint density at radius 3 is 2.87 bits per heavy atom. The van der Waals surface area contributed by atoms with Crippen LogP contribution in [0.15, 0.2) is 6.07 Å². The molecule has 2 heteroatoms. The van der Waals surface area contributed by atoms with Crippen LogP contribution in [-0.4, -0.2) is 6.04 Å². The second-order valence-corrected chi connectivity index (χ2v) is 4.66. The second-order valence-electron chi connectivity index (χ2n) is 4.66. The normalized spacial score (nSPS) is 22.3. The number of nitrogens with zero attached hydrogens (tertiary/aromatic N) is 1. The third-order valence-electron chi connectivity index (χ3n) is 3.66. The molecule has 2 aliphatic rings. The lowest BCUT2D eigenvalue weighted by Gasteiger charge is -2.08. The molecule has 0 aromatic heterocycles. The fraction of sp³-hybridized carbons (Fsp3) is 0.462. The van der Waals surface area contributed by atoms with Crippen LogP contribution >= 0.6 is 0 Å². The van der Waals surface area contributed by atoms with Gasteiger partial charge in [0.2, 0.25) is 0 Å². The molecule has 1 aromatic carbocycles. The summed E-state index contributed by atoms with van der Waals surface area (Å²) in [4.78, 5) is 0. The van der Waals surface area contributed by atoms with Gasteiger partial charge in [0, 0.05) is 6.04 Å². The first-order chi connectivity index (χ1) is 7.29. The van der Waals surface area contributed by atoms with Crippen LogP contribution in [0.2, 0.25) is 0 Å². The van der Waals surface area contributed by atoms with E-state index in [1.807, 2.05) is 0 Å². The van der Waals surface area contributed by atoms with Gasteiger partial charge in [-0.2, -0.15) is 5.26 Å². The third kappa shape index (κ3) is 1.20. The molecule has 15 heavy (non-hydrogen) atoms. The topological polar surface area (TPSA) is 49.8 Å². The van der Waals surface area contributed by atoms with Gasteiger partial charge in [-0.15, -0.1) is 0 Å². The number of nitrogens with two attached hydrogens (primary N) is 1. The minimum Gasteiger partial charge on any atom is -0.327 e. The molecule has 1 unspecified atom stereocenters. The molecule has 1 atom stereocenters. The highest BCUT2D eigenvalue weighted by Gasteiger charge is 2.26. The number of rotatable bonds is 0. The minimum absolute atomic E-state index is 0.231. The molecule has 0 heterocycles. The first-order valence-electron chi connectivity index (χ1n) is 5.62. The van der Waals surface area contributed by atoms with E-state index < -0.39 is 0 Å². The molecule has 1 aromatic rings. The van der Waals surface area contributed by atoms with E-state index in [4.69, 9.17) is 5.73 Å². The molecule has 0 amide bonds. The van der Waals surface area contributed by atoms with Gasteiger partial charge in [-0.25, -0.2) is 0 Å². The Morgan fingerprint density at radius 2 is 2.07 bits per heavy atom. The largest absolute Gasteiger partial charge is 0.327 e. The summed E-state index contributed by atoms with van der Waals surface area (Å²) in [7, 11) is 0. The van der Waals surface area contributed by atoms with Gasteiger partial charge in [-0.3, -0.25) is 0 Å². The summed E-state index contributed by atoms with van der Waals surface area (Å²) < 4.78 is 0. The first kappa shape index (κ1) is 8.94. The van der Waals surface area contributed by atoms with Gasteiger partial charge in [-0.1, -0.05) is 6.07 Å². The molecule has 0 saturated heterocycles. The standard InChI is InChI=1S/C13H14N2/c14-7-13-11-3-1-2-8(11)4-9-5-10(15)6-12(9)13/h4,10H,1-3,5-6,15H2. The van der Waals surface area contributed by atoms with E-state index in [-0.39, 0.29) is 6.04 Å². The Balaban J connectivity index is 2.24. The minimum atomic E-state index is 0.231. The van der Waals surface area contributed by atoms with Crippen molar-refractivity contribution in [2.75, 3.05) is 0 Å². The fourth-order valence-corrected chi connectivity index (χ4v) is 3.02. The molecule has 0 spiro atoms. The SMILES string of the molecule is N#Cc1c2c(cc3c1CC(N)C3)CCC2. The zero-order valence-corrected chi connectivity index (χ0v) is 8.71. The molecule has 0 saturated carbocycles. The summed E-state index contributed by atoms with van der Waals surface area (Å²) in [6.45, 7) is 0. The van der Waals surface area contributed by atoms with Crippen molar-refractivity contribution in [1.29, 1.82) is 5.26 Å². The second kappa shape index (κ2) is 3.08. The third-order valence-corrected chi connectivity index (χ3v) is 3.66. The summed E-state index contributed by atoms with van der Waals surface area (Å²) in [6, 6.07) is 4.92. The van der Waals surface area contributed by atoms with Gasteiger partial charge in [0.1, 0.15) is 0 Å². The molecule has 3 rings (SSSR count). The summed E-state index contributed by atoms with van der Waals surface area (Å²) in [6.07, 6.45) is 5.29. The van der Waals surface area contributed by atoms with Crippen LogP contribution in [0, 0.1) is 11.3 Å². The first-order valence-corrected chi connectivity index (χ1v) is 5.62. The summed E-state index contributed by atoms with van der Waals surface area (Å²) in [5.74, 6) is 0. The Labute approximate surface area is 89.7 Å². The molecule has 2 aliphatic carbocycles. The molecule has 0 radical (unpaired) electrons. The fourth-order valence-electron chi connectivity index (χ4n) is 3.02. The summed E-state index contributed by atoms with van der Waals surface area (Å²) in [5.41, 5.74) is 12.2. The van der Waals surface area contributed by atoms with Gasteiger partial charge in [-0.05, 0) is 54.4 Å². The lowest BCUT2D eigenvalue weighted by atomic mass is 9.95. The van der Waals surface area contributed by atoms with Gasteiger partial charge < -0.3 is 5.73 Å².